The molecule has 2 aromatic carbocycles. The minimum atomic E-state index is -1.82. The van der Waals surface area contributed by atoms with Crippen LogP contribution in [0.5, 0.6) is 5.75 Å². The van der Waals surface area contributed by atoms with Crippen molar-refractivity contribution < 1.29 is 43.6 Å². The summed E-state index contributed by atoms with van der Waals surface area (Å²) < 4.78 is 17.8. The summed E-state index contributed by atoms with van der Waals surface area (Å²) in [6, 6.07) is 7.88. The number of likely N-dealkylation sites (N-methyl/N-ethyl adjacent to an activating group) is 1. The zero-order valence-corrected chi connectivity index (χ0v) is 34.1. The zero-order valence-electron chi connectivity index (χ0n) is 32.6. The van der Waals surface area contributed by atoms with E-state index in [1.165, 1.54) is 37.9 Å². The van der Waals surface area contributed by atoms with Crippen LogP contribution in [0.15, 0.2) is 66.3 Å². The van der Waals surface area contributed by atoms with Crippen LogP contribution in [0.25, 0.3) is 0 Å². The van der Waals surface area contributed by atoms with E-state index in [1.54, 1.807) is 14.0 Å². The standard InChI is InChI=1S/C41H53Cl2N3O9/c1-9-23(2)33-37(49)44-29(21-25-19-27(42)34(47)28(43)20-25)36(48)45-35(40(4,5)52)38(50)54-30(26-16-11-10-12-17-26)18-14-13-15-24(3)31(53-8)22-32-41(6,55-32)39(51)46(33)7/h10-17,19-20,23,29-33,35,47,52H,9,18,21-22H2,1-8H3,(H,44,49)(H,45,48)/b14-13+,24-15+/t23-,29+,30-,31+,32-,33-,35+,41+/m0/s1. The number of carbonyl (C=O) groups excluding carboxylic acids is 4. The number of esters is 1. The van der Waals surface area contributed by atoms with Crippen molar-refractivity contribution in [2.24, 2.45) is 5.92 Å². The lowest BCUT2D eigenvalue weighted by Crippen LogP contribution is -2.61. The summed E-state index contributed by atoms with van der Waals surface area (Å²) in [5.41, 5.74) is -1.10. The van der Waals surface area contributed by atoms with Gasteiger partial charge in [0.05, 0.1) is 27.9 Å². The maximum absolute atomic E-state index is 14.3. The maximum Gasteiger partial charge on any atom is 0.332 e. The van der Waals surface area contributed by atoms with E-state index < -0.39 is 65.2 Å². The fraction of sp³-hybridized carbons (Fsp3) is 0.512. The number of aromatic hydroxyl groups is 1. The SMILES string of the molecule is CC[C@H](C)[C@H]1C(=O)N[C@H](Cc2cc(Cl)c(O)c(Cl)c2)C(=O)N[C@@H](C(C)(C)O)C(=O)O[C@H](c2ccccc2)C/C=C/C=C(\C)[C@H](OC)C[C@@H]2O[C@@]2(C)C(=O)N1C. The van der Waals surface area contributed by atoms with Gasteiger partial charge in [0.25, 0.3) is 5.91 Å². The molecule has 0 unspecified atom stereocenters. The highest BCUT2D eigenvalue weighted by Crippen LogP contribution is 2.42. The third-order valence-electron chi connectivity index (χ3n) is 10.4. The Bertz CT molecular complexity index is 1760. The molecule has 1 saturated heterocycles. The normalized spacial score (nSPS) is 29.7. The van der Waals surface area contributed by atoms with Gasteiger partial charge < -0.3 is 40.0 Å². The molecule has 2 aliphatic heterocycles. The van der Waals surface area contributed by atoms with Crippen LogP contribution in [0.2, 0.25) is 10.0 Å². The number of carbonyl (C=O) groups is 4. The van der Waals surface area contributed by atoms with Gasteiger partial charge in [0.15, 0.2) is 17.4 Å². The quantitative estimate of drug-likeness (QED) is 0.206. The first-order valence-corrected chi connectivity index (χ1v) is 19.1. The Hall–Kier alpha value is -3.94. The molecule has 4 N–H and O–H groups in total. The highest BCUT2D eigenvalue weighted by Gasteiger charge is 2.61. The average Bonchev–Trinajstić information content (AvgIpc) is 3.80. The van der Waals surface area contributed by atoms with Gasteiger partial charge in [0.1, 0.15) is 18.2 Å². The molecule has 0 radical (unpaired) electrons. The lowest BCUT2D eigenvalue weighted by Gasteiger charge is -2.34. The molecule has 2 aliphatic rings. The molecule has 1 fully saturated rings. The van der Waals surface area contributed by atoms with Gasteiger partial charge in [0.2, 0.25) is 11.8 Å². The Morgan fingerprint density at radius 3 is 2.29 bits per heavy atom. The summed E-state index contributed by atoms with van der Waals surface area (Å²) in [4.78, 5) is 58.0. The number of fused-ring (bicyclic) bond motifs is 1. The molecule has 0 bridgehead atoms. The van der Waals surface area contributed by atoms with Gasteiger partial charge in [-0.25, -0.2) is 4.79 Å². The van der Waals surface area contributed by atoms with Gasteiger partial charge in [-0.15, -0.1) is 0 Å². The maximum atomic E-state index is 14.3. The van der Waals surface area contributed by atoms with Crippen LogP contribution in [0.3, 0.4) is 0 Å². The van der Waals surface area contributed by atoms with E-state index in [-0.39, 0.29) is 40.7 Å². The monoisotopic (exact) mass is 801 g/mol. The molecule has 12 nitrogen and oxygen atoms in total. The van der Waals surface area contributed by atoms with Crippen LogP contribution in [-0.4, -0.2) is 94.5 Å². The van der Waals surface area contributed by atoms with Gasteiger partial charge in [-0.1, -0.05) is 92.0 Å². The molecule has 14 heteroatoms. The Kier molecular flexibility index (Phi) is 14.6. The van der Waals surface area contributed by atoms with Crippen molar-refractivity contribution in [3.05, 3.63) is 87.4 Å². The first kappa shape index (κ1) is 43.8. The van der Waals surface area contributed by atoms with E-state index in [0.29, 0.717) is 24.0 Å². The van der Waals surface area contributed by atoms with Gasteiger partial charge in [-0.2, -0.15) is 0 Å². The molecule has 2 aromatic rings. The van der Waals surface area contributed by atoms with Gasteiger partial charge in [-0.3, -0.25) is 14.4 Å². The highest BCUT2D eigenvalue weighted by molar-refractivity contribution is 6.37. The first-order chi connectivity index (χ1) is 25.8. The number of hydrogen-bond donors (Lipinski definition) is 4. The van der Waals surface area contributed by atoms with Gasteiger partial charge >= 0.3 is 5.97 Å². The lowest BCUT2D eigenvalue weighted by molar-refractivity contribution is -0.160. The predicted molar refractivity (Wildman–Crippen MR) is 209 cm³/mol. The molecule has 4 rings (SSSR count). The number of benzene rings is 2. The lowest BCUT2D eigenvalue weighted by atomic mass is 9.93. The van der Waals surface area contributed by atoms with Crippen LogP contribution >= 0.6 is 23.2 Å². The van der Waals surface area contributed by atoms with Crippen LogP contribution in [0.1, 0.15) is 78.0 Å². The summed E-state index contributed by atoms with van der Waals surface area (Å²) >= 11 is 12.4. The topological polar surface area (TPSA) is 167 Å². The van der Waals surface area contributed by atoms with Crippen molar-refractivity contribution in [2.45, 2.75) is 115 Å². The Morgan fingerprint density at radius 1 is 1.07 bits per heavy atom. The fourth-order valence-electron chi connectivity index (χ4n) is 6.76. The zero-order chi connectivity index (χ0) is 40.8. The van der Waals surface area contributed by atoms with Crippen LogP contribution in [0, 0.1) is 5.92 Å². The minimum Gasteiger partial charge on any atom is -0.505 e. The first-order valence-electron chi connectivity index (χ1n) is 18.4. The van der Waals surface area contributed by atoms with E-state index in [4.69, 9.17) is 37.4 Å². The Balaban J connectivity index is 1.81. The highest BCUT2D eigenvalue weighted by atomic mass is 35.5. The second-order valence-electron chi connectivity index (χ2n) is 15.1. The number of epoxide rings is 1. The number of ether oxygens (including phenoxy) is 3. The van der Waals surface area contributed by atoms with Crippen molar-refractivity contribution in [3.8, 4) is 5.75 Å². The number of aliphatic hydroxyl groups is 1. The average molecular weight is 803 g/mol. The number of allylic oxidation sites excluding steroid dienone is 2. The number of cyclic esters (lactones) is 1. The third kappa shape index (κ3) is 10.7. The second kappa shape index (κ2) is 18.3. The second-order valence-corrected chi connectivity index (χ2v) is 15.9. The van der Waals surface area contributed by atoms with E-state index in [2.05, 4.69) is 10.6 Å². The molecule has 8 atom stereocenters. The van der Waals surface area contributed by atoms with Gasteiger partial charge in [-0.05, 0) is 62.4 Å². The number of phenols is 1. The third-order valence-corrected chi connectivity index (χ3v) is 11.0. The number of phenolic OH excluding ortho intramolecular Hbond substituents is 1. The number of halogens is 2. The van der Waals surface area contributed by atoms with E-state index >= 15 is 0 Å². The van der Waals surface area contributed by atoms with E-state index in [9.17, 15) is 29.4 Å². The number of nitrogens with one attached hydrogen (secondary N) is 2. The van der Waals surface area contributed by atoms with Crippen LogP contribution in [-0.2, 0) is 39.8 Å². The number of nitrogens with zero attached hydrogens (tertiary/aromatic N) is 1. The Labute approximate surface area is 333 Å². The molecule has 0 aliphatic carbocycles. The van der Waals surface area contributed by atoms with Crippen LogP contribution in [0.4, 0.5) is 0 Å². The number of amides is 3. The van der Waals surface area contributed by atoms with E-state index in [1.807, 2.05) is 69.3 Å². The smallest absolute Gasteiger partial charge is 0.332 e. The van der Waals surface area contributed by atoms with Crippen molar-refractivity contribution in [1.29, 1.82) is 0 Å². The molecular weight excluding hydrogens is 749 g/mol. The number of rotatable bonds is 7. The van der Waals surface area contributed by atoms with Crippen molar-refractivity contribution in [1.82, 2.24) is 15.5 Å². The molecule has 3 amide bonds. The summed E-state index contributed by atoms with van der Waals surface area (Å²) in [7, 11) is 3.11. The molecule has 300 valence electrons. The van der Waals surface area contributed by atoms with Crippen LogP contribution < -0.4 is 10.6 Å². The summed E-state index contributed by atoms with van der Waals surface area (Å²) in [5, 5.41) is 26.7. The van der Waals surface area contributed by atoms with E-state index in [0.717, 1.165) is 5.57 Å². The number of hydrogen-bond acceptors (Lipinski definition) is 9. The molecular formula is C41H53Cl2N3O9. The number of methoxy groups -OCH3 is 1. The summed E-state index contributed by atoms with van der Waals surface area (Å²) in [5.74, 6) is -3.50. The summed E-state index contributed by atoms with van der Waals surface area (Å²) in [6.45, 7) is 10.0. The predicted octanol–water partition coefficient (Wildman–Crippen LogP) is 5.61. The van der Waals surface area contributed by atoms with Crippen molar-refractivity contribution in [3.63, 3.8) is 0 Å². The fourth-order valence-corrected chi connectivity index (χ4v) is 7.30. The molecule has 0 saturated carbocycles. The largest absolute Gasteiger partial charge is 0.505 e. The Morgan fingerprint density at radius 2 is 1.71 bits per heavy atom. The molecule has 0 aromatic heterocycles. The van der Waals surface area contributed by atoms with Gasteiger partial charge in [0, 0.05) is 33.4 Å². The van der Waals surface area contributed by atoms with Crippen molar-refractivity contribution in [2.75, 3.05) is 14.2 Å². The molecule has 2 heterocycles. The summed E-state index contributed by atoms with van der Waals surface area (Å²) in [6.07, 6.45) is 4.84. The van der Waals surface area contributed by atoms with Crippen molar-refractivity contribution >= 4 is 46.9 Å². The molecule has 55 heavy (non-hydrogen) atoms. The minimum absolute atomic E-state index is 0.0768. The molecule has 0 spiro atoms.